The molecule has 106 valence electrons. The third-order valence-corrected chi connectivity index (χ3v) is 3.14. The van der Waals surface area contributed by atoms with Crippen LogP contribution in [-0.4, -0.2) is 38.1 Å². The summed E-state index contributed by atoms with van der Waals surface area (Å²) in [5, 5.41) is 20.0. The Balaban J connectivity index is 3.36. The molecular weight excluding hydrogens is 252 g/mol. The Bertz CT molecular complexity index is 497. The van der Waals surface area contributed by atoms with Gasteiger partial charge >= 0.3 is 11.8 Å². The summed E-state index contributed by atoms with van der Waals surface area (Å²) in [5.74, 6) is -0.630. The highest BCUT2D eigenvalue weighted by Crippen LogP contribution is 2.29. The molecule has 0 aliphatic rings. The number of carboxylic acid groups (broad SMARTS) is 1. The fourth-order valence-electron chi connectivity index (χ4n) is 1.83. The van der Waals surface area contributed by atoms with Gasteiger partial charge in [-0.15, -0.1) is 0 Å². The average molecular weight is 270 g/mol. The van der Waals surface area contributed by atoms with Crippen LogP contribution in [0.25, 0.3) is 0 Å². The van der Waals surface area contributed by atoms with E-state index in [2.05, 4.69) is 4.98 Å². The summed E-state index contributed by atoms with van der Waals surface area (Å²) in [4.78, 5) is 26.8. The first kappa shape index (κ1) is 14.9. The van der Waals surface area contributed by atoms with Crippen LogP contribution in [0, 0.1) is 17.0 Å². The minimum absolute atomic E-state index is 0.135. The molecule has 1 aromatic rings. The molecular formula is C11H18N4O4. The van der Waals surface area contributed by atoms with E-state index in [4.69, 9.17) is 5.11 Å². The highest BCUT2D eigenvalue weighted by atomic mass is 16.6. The lowest BCUT2D eigenvalue weighted by Crippen LogP contribution is -2.38. The van der Waals surface area contributed by atoms with E-state index in [1.165, 1.54) is 4.90 Å². The molecule has 0 fully saturated rings. The van der Waals surface area contributed by atoms with Gasteiger partial charge in [0, 0.05) is 20.0 Å². The fourth-order valence-corrected chi connectivity index (χ4v) is 1.83. The Morgan fingerprint density at radius 1 is 1.63 bits per heavy atom. The highest BCUT2D eigenvalue weighted by Gasteiger charge is 2.31. The Morgan fingerprint density at radius 3 is 2.63 bits per heavy atom. The van der Waals surface area contributed by atoms with Crippen molar-refractivity contribution in [2.75, 3.05) is 11.4 Å². The number of carbonyl (C=O) groups is 1. The van der Waals surface area contributed by atoms with E-state index in [9.17, 15) is 14.9 Å². The topological polar surface area (TPSA) is 102 Å². The molecule has 0 aromatic carbocycles. The van der Waals surface area contributed by atoms with Crippen LogP contribution in [-0.2, 0) is 11.8 Å². The zero-order valence-electron chi connectivity index (χ0n) is 11.5. The van der Waals surface area contributed by atoms with Crippen molar-refractivity contribution in [3.63, 3.8) is 0 Å². The number of aliphatic carboxylic acids is 1. The Kier molecular flexibility index (Phi) is 4.47. The van der Waals surface area contributed by atoms with Gasteiger partial charge in [-0.25, -0.2) is 0 Å². The number of rotatable bonds is 6. The largest absolute Gasteiger partial charge is 0.480 e. The summed E-state index contributed by atoms with van der Waals surface area (Å²) in [6.07, 6.45) is 0.675. The molecule has 0 spiro atoms. The number of nitrogens with zero attached hydrogens (tertiary/aromatic N) is 4. The minimum atomic E-state index is -1.03. The summed E-state index contributed by atoms with van der Waals surface area (Å²) in [5.41, 5.74) is 0. The van der Waals surface area contributed by atoms with Gasteiger partial charge in [0.15, 0.2) is 0 Å². The number of nitro groups is 1. The molecule has 0 aliphatic heterocycles. The van der Waals surface area contributed by atoms with Crippen LogP contribution in [0.2, 0.25) is 0 Å². The number of aryl methyl sites for hydroxylation is 1. The number of carboxylic acids is 1. The number of anilines is 1. The van der Waals surface area contributed by atoms with Crippen LogP contribution in [0.5, 0.6) is 0 Å². The zero-order valence-corrected chi connectivity index (χ0v) is 11.5. The molecule has 1 rings (SSSR count). The van der Waals surface area contributed by atoms with Crippen LogP contribution in [0.3, 0.4) is 0 Å². The molecule has 0 saturated carbocycles. The molecule has 0 bridgehead atoms. The lowest BCUT2D eigenvalue weighted by atomic mass is 10.2. The van der Waals surface area contributed by atoms with Crippen molar-refractivity contribution < 1.29 is 14.8 Å². The smallest absolute Gasteiger partial charge is 0.406 e. The quantitative estimate of drug-likeness (QED) is 0.618. The molecule has 0 saturated heterocycles. The molecule has 19 heavy (non-hydrogen) atoms. The summed E-state index contributed by atoms with van der Waals surface area (Å²) >= 11 is 0. The predicted octanol–water partition coefficient (Wildman–Crippen LogP) is 1.33. The molecule has 8 nitrogen and oxygen atoms in total. The first-order valence-corrected chi connectivity index (χ1v) is 5.95. The zero-order chi connectivity index (χ0) is 14.7. The molecule has 8 heteroatoms. The van der Waals surface area contributed by atoms with Crippen molar-refractivity contribution >= 4 is 17.6 Å². The van der Waals surface area contributed by atoms with Gasteiger partial charge in [0.1, 0.15) is 6.54 Å². The number of hydrogen-bond donors (Lipinski definition) is 1. The van der Waals surface area contributed by atoms with Crippen molar-refractivity contribution in [2.45, 2.75) is 33.2 Å². The van der Waals surface area contributed by atoms with Gasteiger partial charge in [-0.3, -0.25) is 9.36 Å². The second-order valence-electron chi connectivity index (χ2n) is 4.40. The lowest BCUT2D eigenvalue weighted by molar-refractivity contribution is -0.388. The van der Waals surface area contributed by atoms with Crippen molar-refractivity contribution in [3.8, 4) is 0 Å². The van der Waals surface area contributed by atoms with Crippen LogP contribution >= 0.6 is 0 Å². The number of hydrogen-bond acceptors (Lipinski definition) is 5. The van der Waals surface area contributed by atoms with E-state index >= 15 is 0 Å². The van der Waals surface area contributed by atoms with E-state index in [1.807, 2.05) is 13.8 Å². The van der Waals surface area contributed by atoms with Crippen molar-refractivity contribution in [3.05, 3.63) is 15.9 Å². The lowest BCUT2D eigenvalue weighted by Gasteiger charge is -2.27. The average Bonchev–Trinajstić information content (AvgIpc) is 2.62. The predicted molar refractivity (Wildman–Crippen MR) is 69.3 cm³/mol. The Morgan fingerprint density at radius 2 is 2.21 bits per heavy atom. The van der Waals surface area contributed by atoms with Gasteiger partial charge in [-0.05, 0) is 23.3 Å². The van der Waals surface area contributed by atoms with Crippen LogP contribution in [0.1, 0.15) is 26.1 Å². The van der Waals surface area contributed by atoms with E-state index in [0.29, 0.717) is 12.2 Å². The van der Waals surface area contributed by atoms with Crippen molar-refractivity contribution in [2.24, 2.45) is 7.05 Å². The normalized spacial score (nSPS) is 12.2. The minimum Gasteiger partial charge on any atom is -0.480 e. The highest BCUT2D eigenvalue weighted by molar-refractivity contribution is 5.75. The number of aromatic nitrogens is 2. The van der Waals surface area contributed by atoms with E-state index in [-0.39, 0.29) is 24.2 Å². The van der Waals surface area contributed by atoms with Crippen molar-refractivity contribution in [1.82, 2.24) is 9.55 Å². The van der Waals surface area contributed by atoms with Gasteiger partial charge in [0.2, 0.25) is 11.6 Å². The maximum absolute atomic E-state index is 11.0. The van der Waals surface area contributed by atoms with E-state index in [0.717, 1.165) is 0 Å². The van der Waals surface area contributed by atoms with Gasteiger partial charge in [-0.1, -0.05) is 6.92 Å². The van der Waals surface area contributed by atoms with Crippen LogP contribution < -0.4 is 4.90 Å². The Labute approximate surface area is 110 Å². The molecule has 1 atom stereocenters. The molecule has 1 heterocycles. The Hall–Kier alpha value is -2.12. The third-order valence-electron chi connectivity index (χ3n) is 3.14. The SMILES string of the molecule is CCC(C)N(CC(=O)O)c1c([N+](=O)[O-])nc(C)n1C. The third kappa shape index (κ3) is 3.01. The van der Waals surface area contributed by atoms with Gasteiger partial charge in [0.25, 0.3) is 0 Å². The maximum Gasteiger partial charge on any atom is 0.406 e. The van der Waals surface area contributed by atoms with Gasteiger partial charge in [-0.2, -0.15) is 0 Å². The standard InChI is InChI=1S/C11H18N4O4/c1-5-7(2)14(6-9(16)17)11-10(15(18)19)12-8(3)13(11)4/h7H,5-6H2,1-4H3,(H,16,17). The number of imidazole rings is 1. The first-order valence-electron chi connectivity index (χ1n) is 5.95. The molecule has 1 aromatic heterocycles. The maximum atomic E-state index is 11.0. The van der Waals surface area contributed by atoms with Crippen molar-refractivity contribution in [1.29, 1.82) is 0 Å². The summed E-state index contributed by atoms with van der Waals surface area (Å²) < 4.78 is 1.55. The fraction of sp³-hybridized carbons (Fsp3) is 0.636. The summed E-state index contributed by atoms with van der Waals surface area (Å²) in [7, 11) is 1.64. The summed E-state index contributed by atoms with van der Waals surface area (Å²) in [6.45, 7) is 5.07. The van der Waals surface area contributed by atoms with Gasteiger partial charge < -0.3 is 20.1 Å². The van der Waals surface area contributed by atoms with E-state index in [1.54, 1.807) is 18.5 Å². The molecule has 0 radical (unpaired) electrons. The molecule has 0 amide bonds. The summed E-state index contributed by atoms with van der Waals surface area (Å²) in [6, 6.07) is -0.135. The molecule has 1 N–H and O–H groups in total. The van der Waals surface area contributed by atoms with Crippen LogP contribution in [0.15, 0.2) is 0 Å². The monoisotopic (exact) mass is 270 g/mol. The van der Waals surface area contributed by atoms with Crippen LogP contribution in [0.4, 0.5) is 11.6 Å². The first-order chi connectivity index (χ1) is 8.79. The van der Waals surface area contributed by atoms with E-state index < -0.39 is 10.9 Å². The second-order valence-corrected chi connectivity index (χ2v) is 4.40. The van der Waals surface area contributed by atoms with Gasteiger partial charge in [0.05, 0.1) is 0 Å². The second kappa shape index (κ2) is 5.68. The molecule has 1 unspecified atom stereocenters. The molecule has 0 aliphatic carbocycles.